The second-order valence-corrected chi connectivity index (χ2v) is 6.69. The first-order valence-corrected chi connectivity index (χ1v) is 8.27. The average molecular weight is 390 g/mol. The fraction of sp³-hybridized carbons (Fsp3) is 0.0769. The molecule has 2 rings (SSSR count). The van der Waals surface area contributed by atoms with Crippen LogP contribution in [0.4, 0.5) is 5.69 Å². The Hall–Kier alpha value is -2.25. The number of aromatic nitrogens is 1. The molecule has 24 heavy (non-hydrogen) atoms. The van der Waals surface area contributed by atoms with Crippen LogP contribution in [0.1, 0.15) is 16.1 Å². The van der Waals surface area contributed by atoms with Crippen molar-refractivity contribution in [1.29, 1.82) is 5.26 Å². The highest BCUT2D eigenvalue weighted by Crippen LogP contribution is 2.34. The Balaban J connectivity index is 2.81. The number of hydrogen-bond acceptors (Lipinski definition) is 6. The van der Waals surface area contributed by atoms with Gasteiger partial charge in [-0.2, -0.15) is 13.7 Å². The van der Waals surface area contributed by atoms with E-state index in [9.17, 15) is 13.2 Å². The first kappa shape index (κ1) is 18.1. The van der Waals surface area contributed by atoms with Gasteiger partial charge in [-0.05, 0) is 12.1 Å². The number of carbonyl (C=O) groups is 1. The number of nitrogen functional groups attached to an aromatic ring is 1. The molecule has 0 aliphatic heterocycles. The van der Waals surface area contributed by atoms with Crippen molar-refractivity contribution in [2.75, 3.05) is 12.8 Å². The molecule has 2 aromatic rings. The third kappa shape index (κ3) is 3.05. The zero-order valence-electron chi connectivity index (χ0n) is 11.9. The van der Waals surface area contributed by atoms with E-state index in [0.717, 1.165) is 23.8 Å². The van der Waals surface area contributed by atoms with Crippen molar-refractivity contribution >= 4 is 45.0 Å². The summed E-state index contributed by atoms with van der Waals surface area (Å²) in [6.45, 7) is 0. The van der Waals surface area contributed by atoms with E-state index >= 15 is 0 Å². The lowest BCUT2D eigenvalue weighted by atomic mass is 10.2. The van der Waals surface area contributed by atoms with Crippen molar-refractivity contribution in [2.24, 2.45) is 0 Å². The summed E-state index contributed by atoms with van der Waals surface area (Å²) in [5.41, 5.74) is 5.52. The van der Waals surface area contributed by atoms with Crippen molar-refractivity contribution in [3.05, 3.63) is 39.6 Å². The lowest BCUT2D eigenvalue weighted by Crippen LogP contribution is -2.12. The first-order valence-electron chi connectivity index (χ1n) is 6.08. The Kier molecular flexibility index (Phi) is 4.77. The number of halogens is 2. The van der Waals surface area contributed by atoms with E-state index in [1.165, 1.54) is 6.20 Å². The fourth-order valence-electron chi connectivity index (χ4n) is 2.00. The van der Waals surface area contributed by atoms with Gasteiger partial charge in [0.1, 0.15) is 11.0 Å². The monoisotopic (exact) mass is 389 g/mol. The third-order valence-corrected chi connectivity index (χ3v) is 4.70. The maximum atomic E-state index is 11.9. The topological polar surface area (TPSA) is 135 Å². The van der Waals surface area contributed by atoms with Gasteiger partial charge in [-0.3, -0.25) is 4.55 Å². The molecule has 0 unspecified atom stereocenters. The Morgan fingerprint density at radius 1 is 1.38 bits per heavy atom. The molecule has 0 radical (unpaired) electrons. The smallest absolute Gasteiger partial charge is 0.357 e. The zero-order valence-corrected chi connectivity index (χ0v) is 14.3. The molecular weight excluding hydrogens is 381 g/mol. The van der Waals surface area contributed by atoms with E-state index in [2.05, 4.69) is 4.74 Å². The Morgan fingerprint density at radius 3 is 2.50 bits per heavy atom. The van der Waals surface area contributed by atoms with Gasteiger partial charge in [0.2, 0.25) is 0 Å². The number of rotatable bonds is 3. The summed E-state index contributed by atoms with van der Waals surface area (Å²) in [6, 6.07) is 3.83. The molecule has 0 saturated heterocycles. The standard InChI is InChI=1S/C13H9Cl2N3O5S/c1-23-13(19)12-11(17)6(4-16)5-18(12)9-2-8(15)10(3-7(9)14)24(20,21)22/h2-3,5H,17H2,1H3,(H,20,21,22). The number of nitrogens with two attached hydrogens (primary N) is 1. The van der Waals surface area contributed by atoms with Crippen LogP contribution >= 0.6 is 23.2 Å². The molecule has 126 valence electrons. The van der Waals surface area contributed by atoms with E-state index in [0.29, 0.717) is 0 Å². The van der Waals surface area contributed by atoms with E-state index < -0.39 is 21.0 Å². The van der Waals surface area contributed by atoms with Crippen LogP contribution in [-0.2, 0) is 14.9 Å². The number of nitriles is 1. The molecule has 1 aromatic heterocycles. The molecule has 0 atom stereocenters. The quantitative estimate of drug-likeness (QED) is 0.606. The van der Waals surface area contributed by atoms with E-state index in [1.54, 1.807) is 0 Å². The molecule has 8 nitrogen and oxygen atoms in total. The molecule has 0 bridgehead atoms. The summed E-state index contributed by atoms with van der Waals surface area (Å²) in [5.74, 6) is -0.833. The van der Waals surface area contributed by atoms with Gasteiger partial charge >= 0.3 is 5.97 Å². The van der Waals surface area contributed by atoms with Gasteiger partial charge in [0.15, 0.2) is 5.69 Å². The summed E-state index contributed by atoms with van der Waals surface area (Å²) in [4.78, 5) is 11.3. The average Bonchev–Trinajstić information content (AvgIpc) is 2.83. The highest BCUT2D eigenvalue weighted by atomic mass is 35.5. The molecule has 0 fully saturated rings. The van der Waals surface area contributed by atoms with Crippen LogP contribution in [-0.4, -0.2) is 30.6 Å². The van der Waals surface area contributed by atoms with Gasteiger partial charge in [-0.15, -0.1) is 0 Å². The number of nitrogens with zero attached hydrogens (tertiary/aromatic N) is 2. The van der Waals surface area contributed by atoms with Gasteiger partial charge in [0.25, 0.3) is 10.1 Å². The lowest BCUT2D eigenvalue weighted by molar-refractivity contribution is 0.0593. The number of carbonyl (C=O) groups excluding carboxylic acids is 1. The molecule has 0 spiro atoms. The molecule has 0 aliphatic rings. The minimum atomic E-state index is -4.59. The van der Waals surface area contributed by atoms with Crippen molar-refractivity contribution in [3.8, 4) is 11.8 Å². The van der Waals surface area contributed by atoms with Crippen LogP contribution in [0.15, 0.2) is 23.2 Å². The maximum absolute atomic E-state index is 11.9. The summed E-state index contributed by atoms with van der Waals surface area (Å²) in [7, 11) is -3.46. The van der Waals surface area contributed by atoms with Crippen LogP contribution in [0.2, 0.25) is 10.0 Å². The van der Waals surface area contributed by atoms with Gasteiger partial charge in [-0.25, -0.2) is 4.79 Å². The highest BCUT2D eigenvalue weighted by molar-refractivity contribution is 7.86. The largest absolute Gasteiger partial charge is 0.464 e. The van der Waals surface area contributed by atoms with Crippen molar-refractivity contribution in [1.82, 2.24) is 4.57 Å². The molecule has 0 aliphatic carbocycles. The van der Waals surface area contributed by atoms with E-state index in [4.69, 9.17) is 38.8 Å². The number of ether oxygens (including phenoxy) is 1. The summed E-state index contributed by atoms with van der Waals surface area (Å²) >= 11 is 11.9. The molecule has 3 N–H and O–H groups in total. The van der Waals surface area contributed by atoms with Crippen molar-refractivity contribution in [2.45, 2.75) is 4.90 Å². The van der Waals surface area contributed by atoms with Crippen LogP contribution in [0, 0.1) is 11.3 Å². The molecule has 0 amide bonds. The maximum Gasteiger partial charge on any atom is 0.357 e. The van der Waals surface area contributed by atoms with Gasteiger partial charge in [-0.1, -0.05) is 23.2 Å². The number of hydrogen-bond donors (Lipinski definition) is 2. The van der Waals surface area contributed by atoms with Gasteiger partial charge in [0.05, 0.1) is 34.1 Å². The van der Waals surface area contributed by atoms with Crippen LogP contribution in [0.25, 0.3) is 5.69 Å². The Labute approximate surface area is 146 Å². The fourth-order valence-corrected chi connectivity index (χ4v) is 3.35. The normalized spacial score (nSPS) is 11.1. The Morgan fingerprint density at radius 2 is 2.00 bits per heavy atom. The molecule has 11 heteroatoms. The van der Waals surface area contributed by atoms with Crippen LogP contribution < -0.4 is 5.73 Å². The van der Waals surface area contributed by atoms with Crippen LogP contribution in [0.5, 0.6) is 0 Å². The zero-order chi connectivity index (χ0) is 18.2. The molecular formula is C13H9Cl2N3O5S. The van der Waals surface area contributed by atoms with E-state index in [1.807, 2.05) is 6.07 Å². The minimum Gasteiger partial charge on any atom is -0.464 e. The lowest BCUT2D eigenvalue weighted by Gasteiger charge is -2.12. The molecule has 1 aromatic carbocycles. The molecule has 1 heterocycles. The van der Waals surface area contributed by atoms with Crippen LogP contribution in [0.3, 0.4) is 0 Å². The number of esters is 1. The Bertz CT molecular complexity index is 992. The molecule has 0 saturated carbocycles. The van der Waals surface area contributed by atoms with Crippen molar-refractivity contribution in [3.63, 3.8) is 0 Å². The summed E-state index contributed by atoms with van der Waals surface area (Å²) in [6.07, 6.45) is 1.23. The van der Waals surface area contributed by atoms with E-state index in [-0.39, 0.29) is 32.7 Å². The minimum absolute atomic E-state index is 0.0126. The second kappa shape index (κ2) is 6.33. The second-order valence-electron chi connectivity index (χ2n) is 4.49. The first-order chi connectivity index (χ1) is 11.1. The SMILES string of the molecule is COC(=O)c1c(N)c(C#N)cn1-c1cc(Cl)c(S(=O)(=O)O)cc1Cl. The van der Waals surface area contributed by atoms with Gasteiger partial charge in [0, 0.05) is 6.20 Å². The highest BCUT2D eigenvalue weighted by Gasteiger charge is 2.25. The number of methoxy groups -OCH3 is 1. The number of anilines is 1. The summed E-state index contributed by atoms with van der Waals surface area (Å²) < 4.78 is 37.4. The predicted octanol–water partition coefficient (Wildman–Crippen LogP) is 2.27. The number of benzene rings is 1. The predicted molar refractivity (Wildman–Crippen MR) is 86.1 cm³/mol. The summed E-state index contributed by atoms with van der Waals surface area (Å²) in [5, 5.41) is 8.57. The van der Waals surface area contributed by atoms with Gasteiger partial charge < -0.3 is 15.0 Å². The van der Waals surface area contributed by atoms with Crippen molar-refractivity contribution < 1.29 is 22.5 Å². The third-order valence-electron chi connectivity index (χ3n) is 3.08.